The second-order valence-electron chi connectivity index (χ2n) is 7.16. The molecule has 1 saturated heterocycles. The first-order valence-electron chi connectivity index (χ1n) is 7.79. The Kier molecular flexibility index (Phi) is 4.84. The quantitative estimate of drug-likeness (QED) is 0.934. The van der Waals surface area contributed by atoms with Gasteiger partial charge in [-0.1, -0.05) is 20.8 Å². The van der Waals surface area contributed by atoms with Gasteiger partial charge in [-0.3, -0.25) is 14.6 Å². The fraction of sp³-hybridized carbons (Fsp3) is 0.588. The Morgan fingerprint density at radius 2 is 2.14 bits per heavy atom. The molecule has 1 atom stereocenters. The lowest BCUT2D eigenvalue weighted by Gasteiger charge is -2.27. The maximum Gasteiger partial charge on any atom is 0.247 e. The van der Waals surface area contributed by atoms with Crippen molar-refractivity contribution in [1.29, 1.82) is 0 Å². The molecule has 1 aliphatic heterocycles. The van der Waals surface area contributed by atoms with E-state index in [0.29, 0.717) is 13.0 Å². The predicted molar refractivity (Wildman–Crippen MR) is 86.4 cm³/mol. The SMILES string of the molecule is Cc1cc(NC(=O)[C@H]2CCCN2C(=O)CC(C)(C)C)ccn1. The smallest absolute Gasteiger partial charge is 0.247 e. The molecule has 0 aromatic carbocycles. The lowest BCUT2D eigenvalue weighted by Crippen LogP contribution is -2.44. The number of aryl methyl sites for hydroxylation is 1. The first kappa shape index (κ1) is 16.5. The van der Waals surface area contributed by atoms with Crippen molar-refractivity contribution in [3.8, 4) is 0 Å². The summed E-state index contributed by atoms with van der Waals surface area (Å²) in [4.78, 5) is 30.7. The van der Waals surface area contributed by atoms with Crippen molar-refractivity contribution in [3.05, 3.63) is 24.0 Å². The third-order valence-electron chi connectivity index (χ3n) is 3.72. The molecule has 22 heavy (non-hydrogen) atoms. The van der Waals surface area contributed by atoms with Crippen molar-refractivity contribution >= 4 is 17.5 Å². The maximum absolute atomic E-state index is 12.5. The van der Waals surface area contributed by atoms with E-state index in [9.17, 15) is 9.59 Å². The minimum absolute atomic E-state index is 0.0658. The molecule has 1 N–H and O–H groups in total. The van der Waals surface area contributed by atoms with Crippen LogP contribution in [-0.2, 0) is 9.59 Å². The number of likely N-dealkylation sites (tertiary alicyclic amines) is 1. The molecule has 0 saturated carbocycles. The Bertz CT molecular complexity index is 563. The van der Waals surface area contributed by atoms with Gasteiger partial charge in [-0.15, -0.1) is 0 Å². The molecule has 0 unspecified atom stereocenters. The fourth-order valence-corrected chi connectivity index (χ4v) is 2.74. The molecule has 1 aliphatic rings. The molecule has 0 aliphatic carbocycles. The summed E-state index contributed by atoms with van der Waals surface area (Å²) < 4.78 is 0. The van der Waals surface area contributed by atoms with Gasteiger partial charge in [0.2, 0.25) is 11.8 Å². The highest BCUT2D eigenvalue weighted by atomic mass is 16.2. The summed E-state index contributed by atoms with van der Waals surface area (Å²) in [6.45, 7) is 8.66. The molecule has 0 radical (unpaired) electrons. The summed E-state index contributed by atoms with van der Waals surface area (Å²) in [5.41, 5.74) is 1.51. The van der Waals surface area contributed by atoms with E-state index < -0.39 is 0 Å². The highest BCUT2D eigenvalue weighted by molar-refractivity contribution is 5.97. The zero-order valence-electron chi connectivity index (χ0n) is 13.8. The van der Waals surface area contributed by atoms with Crippen LogP contribution >= 0.6 is 0 Å². The first-order chi connectivity index (χ1) is 10.3. The topological polar surface area (TPSA) is 62.3 Å². The van der Waals surface area contributed by atoms with E-state index in [0.717, 1.165) is 24.2 Å². The molecule has 2 rings (SSSR count). The molecule has 1 fully saturated rings. The molecular weight excluding hydrogens is 278 g/mol. The number of carbonyl (C=O) groups excluding carboxylic acids is 2. The second-order valence-corrected chi connectivity index (χ2v) is 7.16. The molecule has 0 spiro atoms. The van der Waals surface area contributed by atoms with Gasteiger partial charge in [0.15, 0.2) is 0 Å². The predicted octanol–water partition coefficient (Wildman–Crippen LogP) is 2.76. The largest absolute Gasteiger partial charge is 0.331 e. The van der Waals surface area contributed by atoms with Crippen LogP contribution in [0.1, 0.15) is 45.7 Å². The molecule has 2 amide bonds. The zero-order valence-corrected chi connectivity index (χ0v) is 13.8. The number of rotatable bonds is 3. The number of pyridine rings is 1. The molecular formula is C17H25N3O2. The van der Waals surface area contributed by atoms with Gasteiger partial charge < -0.3 is 10.2 Å². The zero-order chi connectivity index (χ0) is 16.3. The van der Waals surface area contributed by atoms with E-state index in [1.165, 1.54) is 0 Å². The van der Waals surface area contributed by atoms with E-state index in [2.05, 4.69) is 10.3 Å². The summed E-state index contributed by atoms with van der Waals surface area (Å²) >= 11 is 0. The van der Waals surface area contributed by atoms with Crippen LogP contribution in [0.4, 0.5) is 5.69 Å². The maximum atomic E-state index is 12.5. The number of nitrogens with zero attached hydrogens (tertiary/aromatic N) is 2. The summed E-state index contributed by atoms with van der Waals surface area (Å²) in [5, 5.41) is 2.90. The van der Waals surface area contributed by atoms with E-state index in [1.807, 2.05) is 33.8 Å². The lowest BCUT2D eigenvalue weighted by molar-refractivity contribution is -0.138. The van der Waals surface area contributed by atoms with E-state index in [4.69, 9.17) is 0 Å². The van der Waals surface area contributed by atoms with Crippen LogP contribution in [0.25, 0.3) is 0 Å². The number of carbonyl (C=O) groups is 2. The molecule has 2 heterocycles. The Hall–Kier alpha value is -1.91. The molecule has 0 bridgehead atoms. The highest BCUT2D eigenvalue weighted by Crippen LogP contribution is 2.25. The first-order valence-corrected chi connectivity index (χ1v) is 7.79. The van der Waals surface area contributed by atoms with E-state index in [1.54, 1.807) is 17.2 Å². The van der Waals surface area contributed by atoms with Gasteiger partial charge in [-0.05, 0) is 37.3 Å². The minimum Gasteiger partial charge on any atom is -0.331 e. The van der Waals surface area contributed by atoms with Gasteiger partial charge in [0.25, 0.3) is 0 Å². The van der Waals surface area contributed by atoms with Crippen LogP contribution < -0.4 is 5.32 Å². The van der Waals surface area contributed by atoms with Gasteiger partial charge in [0, 0.05) is 30.5 Å². The monoisotopic (exact) mass is 303 g/mol. The Labute approximate surface area is 132 Å². The van der Waals surface area contributed by atoms with E-state index >= 15 is 0 Å². The molecule has 120 valence electrons. The number of aromatic nitrogens is 1. The van der Waals surface area contributed by atoms with Crippen molar-refractivity contribution < 1.29 is 9.59 Å². The standard InChI is InChI=1S/C17H25N3O2/c1-12-10-13(7-8-18-12)19-16(22)14-6-5-9-20(14)15(21)11-17(2,3)4/h7-8,10,14H,5-6,9,11H2,1-4H3,(H,18,19,22)/t14-/m1/s1. The number of hydrogen-bond acceptors (Lipinski definition) is 3. The van der Waals surface area contributed by atoms with Gasteiger partial charge in [-0.2, -0.15) is 0 Å². The van der Waals surface area contributed by atoms with Crippen LogP contribution in [-0.4, -0.2) is 34.3 Å². The van der Waals surface area contributed by atoms with Crippen molar-refractivity contribution in [3.63, 3.8) is 0 Å². The number of hydrogen-bond donors (Lipinski definition) is 1. The Morgan fingerprint density at radius 1 is 1.41 bits per heavy atom. The molecule has 5 heteroatoms. The Balaban J connectivity index is 2.03. The van der Waals surface area contributed by atoms with Gasteiger partial charge in [-0.25, -0.2) is 0 Å². The van der Waals surface area contributed by atoms with Gasteiger partial charge in [0.05, 0.1) is 0 Å². The number of anilines is 1. The fourth-order valence-electron chi connectivity index (χ4n) is 2.74. The third-order valence-corrected chi connectivity index (χ3v) is 3.72. The van der Waals surface area contributed by atoms with Crippen molar-refractivity contribution in [1.82, 2.24) is 9.88 Å². The van der Waals surface area contributed by atoms with Crippen LogP contribution in [0.3, 0.4) is 0 Å². The number of nitrogens with one attached hydrogen (secondary N) is 1. The summed E-state index contributed by atoms with van der Waals surface area (Å²) in [6, 6.07) is 3.23. The average molecular weight is 303 g/mol. The normalized spacial score (nSPS) is 18.4. The van der Waals surface area contributed by atoms with Crippen LogP contribution in [0.5, 0.6) is 0 Å². The highest BCUT2D eigenvalue weighted by Gasteiger charge is 2.35. The summed E-state index contributed by atoms with van der Waals surface area (Å²) in [5.74, 6) is -0.0404. The molecule has 1 aromatic rings. The van der Waals surface area contributed by atoms with Gasteiger partial charge >= 0.3 is 0 Å². The van der Waals surface area contributed by atoms with Crippen LogP contribution in [0.2, 0.25) is 0 Å². The Morgan fingerprint density at radius 3 is 2.77 bits per heavy atom. The third kappa shape index (κ3) is 4.29. The van der Waals surface area contributed by atoms with Crippen molar-refractivity contribution in [2.75, 3.05) is 11.9 Å². The average Bonchev–Trinajstić information content (AvgIpc) is 2.85. The lowest BCUT2D eigenvalue weighted by atomic mass is 9.91. The molecule has 1 aromatic heterocycles. The van der Waals surface area contributed by atoms with Crippen LogP contribution in [0, 0.1) is 12.3 Å². The van der Waals surface area contributed by atoms with Gasteiger partial charge in [0.1, 0.15) is 6.04 Å². The minimum atomic E-state index is -0.358. The summed E-state index contributed by atoms with van der Waals surface area (Å²) in [6.07, 6.45) is 3.74. The van der Waals surface area contributed by atoms with Crippen molar-refractivity contribution in [2.24, 2.45) is 5.41 Å². The van der Waals surface area contributed by atoms with Crippen molar-refractivity contribution in [2.45, 2.75) is 53.0 Å². The second kappa shape index (κ2) is 6.46. The summed E-state index contributed by atoms with van der Waals surface area (Å²) in [7, 11) is 0. The number of amides is 2. The van der Waals surface area contributed by atoms with Crippen LogP contribution in [0.15, 0.2) is 18.3 Å². The van der Waals surface area contributed by atoms with E-state index in [-0.39, 0.29) is 23.3 Å². The molecule has 5 nitrogen and oxygen atoms in total.